The number of carbonyl (C=O) groups is 1. The topological polar surface area (TPSA) is 59.6 Å². The number of benzene rings is 1. The average molecular weight is 252 g/mol. The van der Waals surface area contributed by atoms with Gasteiger partial charge in [-0.2, -0.15) is 0 Å². The number of methoxy groups -OCH3 is 1. The largest absolute Gasteiger partial charge is 0.497 e. The van der Waals surface area contributed by atoms with E-state index in [0.717, 1.165) is 0 Å². The van der Waals surface area contributed by atoms with Crippen molar-refractivity contribution in [2.45, 2.75) is 13.0 Å². The Balaban J connectivity index is 2.39. The quantitative estimate of drug-likeness (QED) is 0.767. The molecule has 0 saturated carbocycles. The van der Waals surface area contributed by atoms with Crippen LogP contribution in [0.15, 0.2) is 24.3 Å². The molecular weight excluding hydrogens is 232 g/mol. The van der Waals surface area contributed by atoms with Crippen molar-refractivity contribution in [3.63, 3.8) is 0 Å². The molecule has 1 amide bonds. The highest BCUT2D eigenvalue weighted by Crippen LogP contribution is 2.16. The zero-order valence-electron chi connectivity index (χ0n) is 11.0. The van der Waals surface area contributed by atoms with Gasteiger partial charge in [0.2, 0.25) is 5.91 Å². The van der Waals surface area contributed by atoms with Crippen LogP contribution in [0.25, 0.3) is 0 Å². The van der Waals surface area contributed by atoms with E-state index in [4.69, 9.17) is 9.47 Å². The van der Waals surface area contributed by atoms with Gasteiger partial charge in [-0.3, -0.25) is 4.79 Å². The first-order valence-corrected chi connectivity index (χ1v) is 5.85. The zero-order chi connectivity index (χ0) is 13.4. The van der Waals surface area contributed by atoms with Gasteiger partial charge in [0.15, 0.2) is 0 Å². The van der Waals surface area contributed by atoms with Crippen molar-refractivity contribution in [2.75, 3.05) is 32.6 Å². The Kier molecular flexibility index (Phi) is 6.18. The van der Waals surface area contributed by atoms with Gasteiger partial charge in [0, 0.05) is 18.3 Å². The van der Waals surface area contributed by atoms with Crippen molar-refractivity contribution in [1.82, 2.24) is 5.32 Å². The number of anilines is 1. The van der Waals surface area contributed by atoms with E-state index in [9.17, 15) is 4.79 Å². The molecule has 1 aromatic carbocycles. The molecule has 2 N–H and O–H groups in total. The van der Waals surface area contributed by atoms with E-state index in [-0.39, 0.29) is 18.6 Å². The van der Waals surface area contributed by atoms with E-state index in [1.165, 1.54) is 0 Å². The van der Waals surface area contributed by atoms with Crippen LogP contribution in [0.3, 0.4) is 0 Å². The molecule has 0 aliphatic heterocycles. The highest BCUT2D eigenvalue weighted by atomic mass is 16.5. The van der Waals surface area contributed by atoms with E-state index in [2.05, 4.69) is 10.6 Å². The van der Waals surface area contributed by atoms with Gasteiger partial charge in [0.05, 0.1) is 13.2 Å². The van der Waals surface area contributed by atoms with Crippen molar-refractivity contribution in [3.8, 4) is 5.75 Å². The molecular formula is C13H20N2O3. The molecule has 0 aliphatic carbocycles. The maximum Gasteiger partial charge on any atom is 0.250 e. The summed E-state index contributed by atoms with van der Waals surface area (Å²) in [4.78, 5) is 11.6. The van der Waals surface area contributed by atoms with Crippen LogP contribution in [0.4, 0.5) is 5.69 Å². The fourth-order valence-electron chi connectivity index (χ4n) is 1.46. The summed E-state index contributed by atoms with van der Waals surface area (Å²) in [5.74, 6) is 0.531. The van der Waals surface area contributed by atoms with E-state index in [1.54, 1.807) is 19.2 Å². The van der Waals surface area contributed by atoms with Gasteiger partial charge >= 0.3 is 0 Å². The Morgan fingerprint density at radius 3 is 2.89 bits per heavy atom. The highest BCUT2D eigenvalue weighted by Gasteiger charge is 2.06. The third-order valence-corrected chi connectivity index (χ3v) is 2.34. The molecule has 1 atom stereocenters. The normalized spacial score (nSPS) is 11.9. The summed E-state index contributed by atoms with van der Waals surface area (Å²) in [7, 11) is 3.43. The molecule has 18 heavy (non-hydrogen) atoms. The van der Waals surface area contributed by atoms with Crippen molar-refractivity contribution in [2.24, 2.45) is 0 Å². The predicted octanol–water partition coefficient (Wildman–Crippen LogP) is 1.26. The van der Waals surface area contributed by atoms with Crippen LogP contribution in [-0.2, 0) is 9.53 Å². The Hall–Kier alpha value is -1.59. The number of rotatable bonds is 7. The maximum absolute atomic E-state index is 11.6. The second-order valence-electron chi connectivity index (χ2n) is 3.96. The van der Waals surface area contributed by atoms with Crippen molar-refractivity contribution < 1.29 is 14.3 Å². The van der Waals surface area contributed by atoms with Crippen LogP contribution < -0.4 is 15.4 Å². The van der Waals surface area contributed by atoms with Gasteiger partial charge in [-0.1, -0.05) is 6.07 Å². The summed E-state index contributed by atoms with van der Waals surface area (Å²) < 4.78 is 10.4. The van der Waals surface area contributed by atoms with E-state index >= 15 is 0 Å². The SMILES string of the molecule is CNCC(C)OCC(=O)Nc1cccc(OC)c1. The molecule has 0 aliphatic rings. The van der Waals surface area contributed by atoms with Crippen LogP contribution in [-0.4, -0.2) is 39.3 Å². The molecule has 100 valence electrons. The Labute approximate surface area is 107 Å². The number of amides is 1. The lowest BCUT2D eigenvalue weighted by Crippen LogP contribution is -2.28. The second-order valence-corrected chi connectivity index (χ2v) is 3.96. The summed E-state index contributed by atoms with van der Waals surface area (Å²) in [6, 6.07) is 7.20. The average Bonchev–Trinajstić information content (AvgIpc) is 2.37. The Bertz CT molecular complexity index is 382. The molecule has 1 rings (SSSR count). The van der Waals surface area contributed by atoms with Crippen LogP contribution in [0, 0.1) is 0 Å². The van der Waals surface area contributed by atoms with Gasteiger partial charge in [-0.25, -0.2) is 0 Å². The Morgan fingerprint density at radius 2 is 2.22 bits per heavy atom. The maximum atomic E-state index is 11.6. The second kappa shape index (κ2) is 7.68. The molecule has 0 bridgehead atoms. The molecule has 0 radical (unpaired) electrons. The number of hydrogen-bond donors (Lipinski definition) is 2. The van der Waals surface area contributed by atoms with Gasteiger partial charge in [-0.05, 0) is 26.1 Å². The summed E-state index contributed by atoms with van der Waals surface area (Å²) in [6.07, 6.45) is 0.00561. The molecule has 0 spiro atoms. The standard InChI is InChI=1S/C13H20N2O3/c1-10(8-14-2)18-9-13(16)15-11-5-4-6-12(7-11)17-3/h4-7,10,14H,8-9H2,1-3H3,(H,15,16). The third kappa shape index (κ3) is 5.16. The number of ether oxygens (including phenoxy) is 2. The van der Waals surface area contributed by atoms with Crippen LogP contribution in [0.2, 0.25) is 0 Å². The van der Waals surface area contributed by atoms with E-state index in [0.29, 0.717) is 18.0 Å². The third-order valence-electron chi connectivity index (χ3n) is 2.34. The van der Waals surface area contributed by atoms with Gasteiger partial charge < -0.3 is 20.1 Å². The fourth-order valence-corrected chi connectivity index (χ4v) is 1.46. The first-order valence-electron chi connectivity index (χ1n) is 5.85. The summed E-state index contributed by atoms with van der Waals surface area (Å²) in [5.41, 5.74) is 0.698. The molecule has 0 saturated heterocycles. The lowest BCUT2D eigenvalue weighted by molar-refractivity contribution is -0.122. The lowest BCUT2D eigenvalue weighted by Gasteiger charge is -2.12. The van der Waals surface area contributed by atoms with Crippen molar-refractivity contribution >= 4 is 11.6 Å². The summed E-state index contributed by atoms with van der Waals surface area (Å²) >= 11 is 0. The van der Waals surface area contributed by atoms with Crippen molar-refractivity contribution in [3.05, 3.63) is 24.3 Å². The minimum absolute atomic E-state index is 0.00561. The summed E-state index contributed by atoms with van der Waals surface area (Å²) in [6.45, 7) is 2.67. The van der Waals surface area contributed by atoms with Crippen LogP contribution in [0.5, 0.6) is 5.75 Å². The Morgan fingerprint density at radius 1 is 1.44 bits per heavy atom. The number of carbonyl (C=O) groups excluding carboxylic acids is 1. The van der Waals surface area contributed by atoms with Crippen LogP contribution >= 0.6 is 0 Å². The highest BCUT2D eigenvalue weighted by molar-refractivity contribution is 5.91. The molecule has 5 nitrogen and oxygen atoms in total. The molecule has 1 aromatic rings. The van der Waals surface area contributed by atoms with Crippen LogP contribution in [0.1, 0.15) is 6.92 Å². The van der Waals surface area contributed by atoms with Crippen molar-refractivity contribution in [1.29, 1.82) is 0 Å². The summed E-state index contributed by atoms with van der Waals surface area (Å²) in [5, 5.41) is 5.73. The zero-order valence-corrected chi connectivity index (χ0v) is 11.0. The minimum atomic E-state index is -0.175. The monoisotopic (exact) mass is 252 g/mol. The molecule has 1 unspecified atom stereocenters. The van der Waals surface area contributed by atoms with E-state index in [1.807, 2.05) is 26.1 Å². The molecule has 0 fully saturated rings. The number of hydrogen-bond acceptors (Lipinski definition) is 4. The smallest absolute Gasteiger partial charge is 0.250 e. The minimum Gasteiger partial charge on any atom is -0.497 e. The first-order chi connectivity index (χ1) is 8.65. The molecule has 0 aromatic heterocycles. The number of likely N-dealkylation sites (N-methyl/N-ethyl adjacent to an activating group) is 1. The predicted molar refractivity (Wildman–Crippen MR) is 71.0 cm³/mol. The molecule has 5 heteroatoms. The van der Waals surface area contributed by atoms with Gasteiger partial charge in [-0.15, -0.1) is 0 Å². The number of nitrogens with one attached hydrogen (secondary N) is 2. The first kappa shape index (κ1) is 14.5. The van der Waals surface area contributed by atoms with E-state index < -0.39 is 0 Å². The molecule has 0 heterocycles. The van der Waals surface area contributed by atoms with Gasteiger partial charge in [0.1, 0.15) is 12.4 Å². The lowest BCUT2D eigenvalue weighted by atomic mass is 10.3. The van der Waals surface area contributed by atoms with Gasteiger partial charge in [0.25, 0.3) is 0 Å². The fraction of sp³-hybridized carbons (Fsp3) is 0.462.